The summed E-state index contributed by atoms with van der Waals surface area (Å²) in [5.74, 6) is 0. The van der Waals surface area contributed by atoms with Gasteiger partial charge in [0.1, 0.15) is 0 Å². The third-order valence-corrected chi connectivity index (χ3v) is 3.17. The average molecular weight is 309 g/mol. The molecule has 1 aromatic carbocycles. The molecule has 1 aromatic heterocycles. The second-order valence-electron chi connectivity index (χ2n) is 4.36. The summed E-state index contributed by atoms with van der Waals surface area (Å²) in [6, 6.07) is 6.13. The van der Waals surface area contributed by atoms with Gasteiger partial charge in [0.05, 0.1) is 11.0 Å². The normalized spacial score (nSPS) is 10.6. The van der Waals surface area contributed by atoms with Crippen LogP contribution in [0.3, 0.4) is 0 Å². The van der Waals surface area contributed by atoms with Crippen LogP contribution in [0.15, 0.2) is 38.5 Å². The zero-order chi connectivity index (χ0) is 13.3. The van der Waals surface area contributed by atoms with Gasteiger partial charge in [0.15, 0.2) is 0 Å². The van der Waals surface area contributed by atoms with E-state index in [4.69, 9.17) is 0 Å². The summed E-state index contributed by atoms with van der Waals surface area (Å²) in [5.41, 5.74) is 2.54. The minimum atomic E-state index is -0.406. The fraction of sp³-hybridized carbons (Fsp3) is 0.231. The van der Waals surface area contributed by atoms with Gasteiger partial charge in [-0.2, -0.15) is 0 Å². The molecule has 94 valence electrons. The molecular formula is C13H13BrN2O2. The van der Waals surface area contributed by atoms with Gasteiger partial charge in [-0.25, -0.2) is 4.79 Å². The molecule has 0 spiro atoms. The average Bonchev–Trinajstić information content (AvgIpc) is 2.24. The molecule has 4 nitrogen and oxygen atoms in total. The molecule has 0 atom stereocenters. The predicted molar refractivity (Wildman–Crippen MR) is 74.0 cm³/mol. The van der Waals surface area contributed by atoms with E-state index in [0.717, 1.165) is 16.7 Å². The fourth-order valence-electron chi connectivity index (χ4n) is 1.96. The Kier molecular flexibility index (Phi) is 3.52. The fourth-order valence-corrected chi connectivity index (χ4v) is 2.30. The lowest BCUT2D eigenvalue weighted by Crippen LogP contribution is -2.30. The second kappa shape index (κ2) is 4.94. The summed E-state index contributed by atoms with van der Waals surface area (Å²) in [6.45, 7) is 4.47. The summed E-state index contributed by atoms with van der Waals surface area (Å²) in [7, 11) is 0. The van der Waals surface area contributed by atoms with Crippen LogP contribution in [-0.4, -0.2) is 9.55 Å². The van der Waals surface area contributed by atoms with Crippen molar-refractivity contribution in [3.63, 3.8) is 0 Å². The van der Waals surface area contributed by atoms with E-state index in [1.807, 2.05) is 26.0 Å². The van der Waals surface area contributed by atoms with Crippen molar-refractivity contribution in [2.45, 2.75) is 20.4 Å². The third kappa shape index (κ3) is 2.79. The summed E-state index contributed by atoms with van der Waals surface area (Å²) >= 11 is 3.12. The van der Waals surface area contributed by atoms with E-state index in [0.29, 0.717) is 11.0 Å². The Hall–Kier alpha value is -1.62. The molecule has 0 aliphatic rings. The molecule has 0 radical (unpaired) electrons. The largest absolute Gasteiger partial charge is 0.328 e. The van der Waals surface area contributed by atoms with Crippen molar-refractivity contribution in [1.82, 2.24) is 9.55 Å². The molecule has 2 aromatic rings. The van der Waals surface area contributed by atoms with E-state index in [2.05, 4.69) is 27.0 Å². The van der Waals surface area contributed by atoms with Gasteiger partial charge in [-0.3, -0.25) is 14.3 Å². The smallest absolute Gasteiger partial charge is 0.295 e. The third-order valence-electron chi connectivity index (χ3n) is 2.60. The van der Waals surface area contributed by atoms with Gasteiger partial charge in [0, 0.05) is 6.20 Å². The topological polar surface area (TPSA) is 54.9 Å². The molecule has 1 heterocycles. The van der Waals surface area contributed by atoms with E-state index in [1.54, 1.807) is 0 Å². The Labute approximate surface area is 112 Å². The zero-order valence-corrected chi connectivity index (χ0v) is 11.7. The summed E-state index contributed by atoms with van der Waals surface area (Å²) in [5, 5.41) is 0. The summed E-state index contributed by atoms with van der Waals surface area (Å²) in [6.07, 6.45) is 1.51. The number of nitrogens with zero attached hydrogens (tertiary/aromatic N) is 1. The number of aromatic nitrogens is 2. The van der Waals surface area contributed by atoms with Crippen LogP contribution >= 0.6 is 15.9 Å². The number of H-pyrrole nitrogens is 1. The van der Waals surface area contributed by atoms with Crippen molar-refractivity contribution in [3.05, 3.63) is 66.4 Å². The lowest BCUT2D eigenvalue weighted by atomic mass is 10.1. The van der Waals surface area contributed by atoms with Gasteiger partial charge in [-0.05, 0) is 35.3 Å². The van der Waals surface area contributed by atoms with Crippen molar-refractivity contribution < 1.29 is 0 Å². The summed E-state index contributed by atoms with van der Waals surface area (Å²) in [4.78, 5) is 25.2. The first-order valence-electron chi connectivity index (χ1n) is 5.52. The molecule has 0 fully saturated rings. The highest BCUT2D eigenvalue weighted by atomic mass is 79.9. The Morgan fingerprint density at radius 3 is 2.39 bits per heavy atom. The van der Waals surface area contributed by atoms with E-state index in [-0.39, 0.29) is 0 Å². The van der Waals surface area contributed by atoms with Gasteiger partial charge in [0.25, 0.3) is 5.56 Å². The molecule has 0 unspecified atom stereocenters. The minimum absolute atomic E-state index is 0.353. The molecule has 0 aliphatic heterocycles. The maximum absolute atomic E-state index is 11.7. The van der Waals surface area contributed by atoms with Gasteiger partial charge in [-0.15, -0.1) is 0 Å². The van der Waals surface area contributed by atoms with Crippen molar-refractivity contribution >= 4 is 15.9 Å². The van der Waals surface area contributed by atoms with Crippen molar-refractivity contribution in [1.29, 1.82) is 0 Å². The molecule has 0 saturated carbocycles. The maximum atomic E-state index is 11.7. The number of hydrogen-bond donors (Lipinski definition) is 1. The van der Waals surface area contributed by atoms with Crippen LogP contribution in [0.2, 0.25) is 0 Å². The Morgan fingerprint density at radius 2 is 1.78 bits per heavy atom. The van der Waals surface area contributed by atoms with Crippen LogP contribution in [-0.2, 0) is 6.54 Å². The molecule has 0 aliphatic carbocycles. The van der Waals surface area contributed by atoms with Crippen molar-refractivity contribution in [3.8, 4) is 0 Å². The number of hydrogen-bond acceptors (Lipinski definition) is 2. The first-order valence-corrected chi connectivity index (χ1v) is 6.31. The van der Waals surface area contributed by atoms with Crippen LogP contribution < -0.4 is 11.2 Å². The molecule has 0 amide bonds. The highest BCUT2D eigenvalue weighted by Crippen LogP contribution is 2.10. The highest BCUT2D eigenvalue weighted by Gasteiger charge is 2.03. The van der Waals surface area contributed by atoms with Crippen LogP contribution in [0.1, 0.15) is 16.7 Å². The van der Waals surface area contributed by atoms with E-state index in [9.17, 15) is 9.59 Å². The molecular weight excluding hydrogens is 296 g/mol. The molecule has 0 bridgehead atoms. The van der Waals surface area contributed by atoms with Crippen LogP contribution in [0.4, 0.5) is 0 Å². The van der Waals surface area contributed by atoms with Crippen LogP contribution in [0.25, 0.3) is 0 Å². The first kappa shape index (κ1) is 12.8. The number of halogens is 1. The number of aromatic amines is 1. The van der Waals surface area contributed by atoms with Crippen LogP contribution in [0.5, 0.6) is 0 Å². The Morgan fingerprint density at radius 1 is 1.17 bits per heavy atom. The Balaban J connectivity index is 2.43. The van der Waals surface area contributed by atoms with Crippen molar-refractivity contribution in [2.24, 2.45) is 0 Å². The standard InChI is InChI=1S/C13H13BrN2O2/c1-8-3-9(2)5-10(4-8)6-16-7-11(14)12(17)15-13(16)18/h3-5,7H,6H2,1-2H3,(H,15,17,18). The monoisotopic (exact) mass is 308 g/mol. The van der Waals surface area contributed by atoms with Gasteiger partial charge >= 0.3 is 5.69 Å². The Bertz CT molecular complexity index is 681. The van der Waals surface area contributed by atoms with E-state index in [1.165, 1.54) is 10.8 Å². The molecule has 18 heavy (non-hydrogen) atoms. The van der Waals surface area contributed by atoms with Gasteiger partial charge in [0.2, 0.25) is 0 Å². The lowest BCUT2D eigenvalue weighted by Gasteiger charge is -2.07. The number of aryl methyl sites for hydroxylation is 2. The number of nitrogens with one attached hydrogen (secondary N) is 1. The second-order valence-corrected chi connectivity index (χ2v) is 5.21. The SMILES string of the molecule is Cc1cc(C)cc(Cn2cc(Br)c(=O)[nH]c2=O)c1. The van der Waals surface area contributed by atoms with Gasteiger partial charge < -0.3 is 0 Å². The maximum Gasteiger partial charge on any atom is 0.328 e. The molecule has 0 saturated heterocycles. The van der Waals surface area contributed by atoms with E-state index >= 15 is 0 Å². The highest BCUT2D eigenvalue weighted by molar-refractivity contribution is 9.10. The predicted octanol–water partition coefficient (Wildman–Crippen LogP) is 1.96. The van der Waals surface area contributed by atoms with Crippen LogP contribution in [0, 0.1) is 13.8 Å². The van der Waals surface area contributed by atoms with E-state index < -0.39 is 11.2 Å². The first-order chi connectivity index (χ1) is 8.45. The molecule has 5 heteroatoms. The lowest BCUT2D eigenvalue weighted by molar-refractivity contribution is 0.715. The number of rotatable bonds is 2. The number of benzene rings is 1. The quantitative estimate of drug-likeness (QED) is 0.922. The summed E-state index contributed by atoms with van der Waals surface area (Å²) < 4.78 is 1.83. The molecule has 1 N–H and O–H groups in total. The van der Waals surface area contributed by atoms with Crippen molar-refractivity contribution in [2.75, 3.05) is 0 Å². The zero-order valence-electron chi connectivity index (χ0n) is 10.2. The minimum Gasteiger partial charge on any atom is -0.295 e. The van der Waals surface area contributed by atoms with Gasteiger partial charge in [-0.1, -0.05) is 29.3 Å². The molecule has 2 rings (SSSR count).